The molecule has 0 aliphatic carbocycles. The number of carboxylic acids is 1. The van der Waals surface area contributed by atoms with Crippen molar-refractivity contribution in [2.75, 3.05) is 0 Å². The zero-order valence-electron chi connectivity index (χ0n) is 12.8. The second-order valence-electron chi connectivity index (χ2n) is 4.19. The van der Waals surface area contributed by atoms with Crippen LogP contribution in [-0.2, 0) is 0 Å². The summed E-state index contributed by atoms with van der Waals surface area (Å²) in [5.41, 5.74) is 1.23. The van der Waals surface area contributed by atoms with Crippen molar-refractivity contribution < 1.29 is 9.90 Å². The molecule has 19 heavy (non-hydrogen) atoms. The van der Waals surface area contributed by atoms with Crippen molar-refractivity contribution in [2.24, 2.45) is 0 Å². The van der Waals surface area contributed by atoms with E-state index in [0.29, 0.717) is 5.56 Å². The zero-order chi connectivity index (χ0) is 15.1. The van der Waals surface area contributed by atoms with Crippen LogP contribution < -0.4 is 0 Å². The Labute approximate surface area is 118 Å². The van der Waals surface area contributed by atoms with Gasteiger partial charge in [-0.15, -0.1) is 0 Å². The van der Waals surface area contributed by atoms with Crippen LogP contribution in [0.5, 0.6) is 0 Å². The summed E-state index contributed by atoms with van der Waals surface area (Å²) in [6.07, 6.45) is 7.00. The van der Waals surface area contributed by atoms with Crippen LogP contribution in [0.15, 0.2) is 30.8 Å². The van der Waals surface area contributed by atoms with E-state index in [1.807, 2.05) is 0 Å². The molecule has 0 spiro atoms. The van der Waals surface area contributed by atoms with Crippen LogP contribution in [0.25, 0.3) is 6.08 Å². The van der Waals surface area contributed by atoms with Gasteiger partial charge in [-0.05, 0) is 17.7 Å². The number of unbranched alkanes of at least 4 members (excludes halogenated alkanes) is 2. The Morgan fingerprint density at radius 2 is 1.53 bits per heavy atom. The molecule has 1 rings (SSSR count). The van der Waals surface area contributed by atoms with Crippen LogP contribution in [0.3, 0.4) is 0 Å². The number of benzene rings is 1. The summed E-state index contributed by atoms with van der Waals surface area (Å²) in [4.78, 5) is 10.4. The van der Waals surface area contributed by atoms with E-state index in [-0.39, 0.29) is 0 Å². The second kappa shape index (κ2) is 14.5. The van der Waals surface area contributed by atoms with Gasteiger partial charge in [-0.2, -0.15) is 0 Å². The van der Waals surface area contributed by atoms with Gasteiger partial charge in [-0.25, -0.2) is 4.79 Å². The summed E-state index contributed by atoms with van der Waals surface area (Å²) >= 11 is 0. The molecule has 2 heteroatoms. The standard InChI is InChI=1S/C9H8O2.C5H12.C3H8/c1-2-7-3-5-8(6-4-7)9(10)11;1-3-5-4-2;1-3-2/h2-6H,1H2,(H,10,11);3-5H2,1-2H3;3H2,1-2H3. The average Bonchev–Trinajstić information content (AvgIpc) is 2.41. The maximum atomic E-state index is 10.4. The Morgan fingerprint density at radius 1 is 1.11 bits per heavy atom. The van der Waals surface area contributed by atoms with Crippen molar-refractivity contribution in [3.63, 3.8) is 0 Å². The number of carboxylic acid groups (broad SMARTS) is 1. The summed E-state index contributed by atoms with van der Waals surface area (Å²) in [6.45, 7) is 12.2. The van der Waals surface area contributed by atoms with E-state index in [9.17, 15) is 4.79 Å². The third-order valence-corrected chi connectivity index (χ3v) is 2.10. The Bertz CT molecular complexity index is 324. The Balaban J connectivity index is 0. The van der Waals surface area contributed by atoms with Crippen LogP contribution in [0.4, 0.5) is 0 Å². The van der Waals surface area contributed by atoms with Crippen molar-refractivity contribution >= 4 is 12.0 Å². The Kier molecular flexibility index (Phi) is 15.1. The van der Waals surface area contributed by atoms with Gasteiger partial charge < -0.3 is 5.11 Å². The molecule has 1 aromatic carbocycles. The number of hydrogen-bond donors (Lipinski definition) is 1. The molecule has 108 valence electrons. The molecule has 0 saturated carbocycles. The summed E-state index contributed by atoms with van der Waals surface area (Å²) in [7, 11) is 0. The molecule has 0 fully saturated rings. The van der Waals surface area contributed by atoms with Gasteiger partial charge in [0.2, 0.25) is 0 Å². The molecule has 0 amide bonds. The molecule has 0 radical (unpaired) electrons. The lowest BCUT2D eigenvalue weighted by Crippen LogP contribution is -1.94. The van der Waals surface area contributed by atoms with Gasteiger partial charge in [0.15, 0.2) is 0 Å². The van der Waals surface area contributed by atoms with Crippen molar-refractivity contribution in [3.8, 4) is 0 Å². The molecule has 0 heterocycles. The van der Waals surface area contributed by atoms with Crippen LogP contribution in [0, 0.1) is 0 Å². The predicted molar refractivity (Wildman–Crippen MR) is 84.7 cm³/mol. The first-order chi connectivity index (χ1) is 9.06. The van der Waals surface area contributed by atoms with Crippen molar-refractivity contribution in [1.29, 1.82) is 0 Å². The molecular formula is C17H28O2. The quantitative estimate of drug-likeness (QED) is 0.764. The van der Waals surface area contributed by atoms with Crippen molar-refractivity contribution in [1.82, 2.24) is 0 Å². The van der Waals surface area contributed by atoms with Gasteiger partial charge in [0.1, 0.15) is 0 Å². The van der Waals surface area contributed by atoms with E-state index in [2.05, 4.69) is 34.3 Å². The Morgan fingerprint density at radius 3 is 1.74 bits per heavy atom. The highest BCUT2D eigenvalue weighted by molar-refractivity contribution is 5.87. The van der Waals surface area contributed by atoms with Crippen molar-refractivity contribution in [2.45, 2.75) is 53.4 Å². The summed E-state index contributed by atoms with van der Waals surface area (Å²) in [5, 5.41) is 8.52. The second-order valence-corrected chi connectivity index (χ2v) is 4.19. The van der Waals surface area contributed by atoms with E-state index < -0.39 is 5.97 Å². The minimum absolute atomic E-state index is 0.301. The van der Waals surface area contributed by atoms with Crippen LogP contribution in [0.2, 0.25) is 0 Å². The monoisotopic (exact) mass is 264 g/mol. The Hall–Kier alpha value is -1.57. The van der Waals surface area contributed by atoms with Gasteiger partial charge >= 0.3 is 5.97 Å². The third-order valence-electron chi connectivity index (χ3n) is 2.10. The normalized spacial score (nSPS) is 8.42. The van der Waals surface area contributed by atoms with E-state index in [1.165, 1.54) is 25.7 Å². The molecular weight excluding hydrogens is 236 g/mol. The minimum Gasteiger partial charge on any atom is -0.478 e. The minimum atomic E-state index is -0.902. The first kappa shape index (κ1) is 19.8. The van der Waals surface area contributed by atoms with Gasteiger partial charge in [0.25, 0.3) is 0 Å². The molecule has 0 unspecified atom stereocenters. The summed E-state index contributed by atoms with van der Waals surface area (Å²) in [6, 6.07) is 6.55. The summed E-state index contributed by atoms with van der Waals surface area (Å²) in [5.74, 6) is -0.902. The molecule has 0 aromatic heterocycles. The van der Waals surface area contributed by atoms with Gasteiger partial charge in [-0.1, -0.05) is 78.2 Å². The number of rotatable bonds is 4. The highest BCUT2D eigenvalue weighted by atomic mass is 16.4. The van der Waals surface area contributed by atoms with Gasteiger partial charge in [0, 0.05) is 0 Å². The molecule has 0 aliphatic heterocycles. The third kappa shape index (κ3) is 12.7. The molecule has 0 atom stereocenters. The smallest absolute Gasteiger partial charge is 0.335 e. The highest BCUT2D eigenvalue weighted by Crippen LogP contribution is 2.04. The van der Waals surface area contributed by atoms with Crippen LogP contribution >= 0.6 is 0 Å². The fourth-order valence-electron chi connectivity index (χ4n) is 1.12. The first-order valence-electron chi connectivity index (χ1n) is 7.02. The topological polar surface area (TPSA) is 37.3 Å². The summed E-state index contributed by atoms with van der Waals surface area (Å²) < 4.78 is 0. The predicted octanol–water partition coefficient (Wildman–Crippen LogP) is 5.64. The maximum absolute atomic E-state index is 10.4. The number of carbonyl (C=O) groups is 1. The van der Waals surface area contributed by atoms with E-state index >= 15 is 0 Å². The first-order valence-corrected chi connectivity index (χ1v) is 7.02. The van der Waals surface area contributed by atoms with E-state index in [0.717, 1.165) is 5.56 Å². The molecule has 2 nitrogen and oxygen atoms in total. The average molecular weight is 264 g/mol. The highest BCUT2D eigenvalue weighted by Gasteiger charge is 1.99. The molecule has 0 saturated heterocycles. The van der Waals surface area contributed by atoms with E-state index in [1.54, 1.807) is 30.3 Å². The zero-order valence-corrected chi connectivity index (χ0v) is 12.8. The van der Waals surface area contributed by atoms with Gasteiger partial charge in [0.05, 0.1) is 5.56 Å². The molecule has 0 bridgehead atoms. The SMILES string of the molecule is C=Cc1ccc(C(=O)O)cc1.CCC.CCCCC. The number of hydrogen-bond acceptors (Lipinski definition) is 1. The van der Waals surface area contributed by atoms with Gasteiger partial charge in [-0.3, -0.25) is 0 Å². The lowest BCUT2D eigenvalue weighted by atomic mass is 10.1. The van der Waals surface area contributed by atoms with Crippen molar-refractivity contribution in [3.05, 3.63) is 42.0 Å². The fourth-order valence-corrected chi connectivity index (χ4v) is 1.12. The van der Waals surface area contributed by atoms with Crippen LogP contribution in [-0.4, -0.2) is 11.1 Å². The number of aromatic carboxylic acids is 1. The maximum Gasteiger partial charge on any atom is 0.335 e. The van der Waals surface area contributed by atoms with Crippen LogP contribution in [0.1, 0.15) is 69.3 Å². The fraction of sp³-hybridized carbons (Fsp3) is 0.471. The largest absolute Gasteiger partial charge is 0.478 e. The molecule has 0 aliphatic rings. The lowest BCUT2D eigenvalue weighted by molar-refractivity contribution is 0.0697. The molecule has 1 N–H and O–H groups in total. The van der Waals surface area contributed by atoms with E-state index in [4.69, 9.17) is 5.11 Å². The molecule has 1 aromatic rings. The lowest BCUT2D eigenvalue weighted by Gasteiger charge is -1.93.